The fourth-order valence-electron chi connectivity index (χ4n) is 2.31. The molecular weight excluding hydrogens is 330 g/mol. The number of hydrogen-bond acceptors (Lipinski definition) is 4. The van der Waals surface area contributed by atoms with Crippen LogP contribution in [0.4, 0.5) is 5.69 Å². The summed E-state index contributed by atoms with van der Waals surface area (Å²) in [5.41, 5.74) is 1.92. The molecule has 5 nitrogen and oxygen atoms in total. The Morgan fingerprint density at radius 1 is 1.04 bits per heavy atom. The van der Waals surface area contributed by atoms with Gasteiger partial charge in [-0.3, -0.25) is 9.59 Å². The SMILES string of the molecule is CC[C@@H](C)c1ccc(NC(=O)COC(=O)CCOc2ccccc2)cc1. The number of ether oxygens (including phenoxy) is 2. The summed E-state index contributed by atoms with van der Waals surface area (Å²) in [6.45, 7) is 4.20. The molecule has 0 aliphatic heterocycles. The molecule has 2 aromatic rings. The number of hydrogen-bond donors (Lipinski definition) is 1. The minimum atomic E-state index is -0.469. The van der Waals surface area contributed by atoms with Gasteiger partial charge in [0.1, 0.15) is 5.75 Å². The monoisotopic (exact) mass is 355 g/mol. The normalized spacial score (nSPS) is 11.5. The summed E-state index contributed by atoms with van der Waals surface area (Å²) in [4.78, 5) is 23.5. The first-order valence-corrected chi connectivity index (χ1v) is 8.81. The summed E-state index contributed by atoms with van der Waals surface area (Å²) in [5, 5.41) is 2.72. The molecule has 0 saturated carbocycles. The second-order valence-corrected chi connectivity index (χ2v) is 6.05. The highest BCUT2D eigenvalue weighted by Crippen LogP contribution is 2.20. The first-order chi connectivity index (χ1) is 12.6. The first kappa shape index (κ1) is 19.5. The zero-order valence-electron chi connectivity index (χ0n) is 15.2. The van der Waals surface area contributed by atoms with E-state index in [0.717, 1.165) is 6.42 Å². The van der Waals surface area contributed by atoms with E-state index in [4.69, 9.17) is 9.47 Å². The summed E-state index contributed by atoms with van der Waals surface area (Å²) in [5.74, 6) is 0.347. The maximum atomic E-state index is 11.9. The van der Waals surface area contributed by atoms with Gasteiger partial charge in [0.15, 0.2) is 6.61 Å². The van der Waals surface area contributed by atoms with Crippen LogP contribution in [-0.4, -0.2) is 25.1 Å². The Morgan fingerprint density at radius 3 is 2.38 bits per heavy atom. The van der Waals surface area contributed by atoms with Crippen molar-refractivity contribution < 1.29 is 19.1 Å². The molecular formula is C21H25NO4. The van der Waals surface area contributed by atoms with Crippen molar-refractivity contribution in [3.05, 3.63) is 60.2 Å². The van der Waals surface area contributed by atoms with Gasteiger partial charge in [-0.2, -0.15) is 0 Å². The standard InChI is InChI=1S/C21H25NO4/c1-3-16(2)17-9-11-18(12-10-17)22-20(23)15-26-21(24)13-14-25-19-7-5-4-6-8-19/h4-12,16H,3,13-15H2,1-2H3,(H,22,23)/t16-/m1/s1. The van der Waals surface area contributed by atoms with Crippen LogP contribution in [0.15, 0.2) is 54.6 Å². The molecule has 138 valence electrons. The fraction of sp³-hybridized carbons (Fsp3) is 0.333. The molecule has 0 radical (unpaired) electrons. The van der Waals surface area contributed by atoms with Gasteiger partial charge in [0.05, 0.1) is 13.0 Å². The maximum absolute atomic E-state index is 11.9. The van der Waals surface area contributed by atoms with Gasteiger partial charge in [-0.05, 0) is 42.2 Å². The Kier molecular flexibility index (Phi) is 7.68. The Hall–Kier alpha value is -2.82. The van der Waals surface area contributed by atoms with E-state index < -0.39 is 5.97 Å². The summed E-state index contributed by atoms with van der Waals surface area (Å²) in [6, 6.07) is 16.9. The summed E-state index contributed by atoms with van der Waals surface area (Å²) >= 11 is 0. The predicted octanol–water partition coefficient (Wildman–Crippen LogP) is 4.15. The molecule has 0 fully saturated rings. The minimum absolute atomic E-state index is 0.0891. The molecule has 26 heavy (non-hydrogen) atoms. The molecule has 1 amide bonds. The Labute approximate surface area is 154 Å². The average Bonchev–Trinajstić information content (AvgIpc) is 2.67. The molecule has 0 aromatic heterocycles. The highest BCUT2D eigenvalue weighted by atomic mass is 16.5. The second kappa shape index (κ2) is 10.2. The largest absolute Gasteiger partial charge is 0.493 e. The van der Waals surface area contributed by atoms with Gasteiger partial charge >= 0.3 is 5.97 Å². The summed E-state index contributed by atoms with van der Waals surface area (Å²) < 4.78 is 10.4. The first-order valence-electron chi connectivity index (χ1n) is 8.81. The number of esters is 1. The van der Waals surface area contributed by atoms with Gasteiger partial charge in [-0.1, -0.05) is 44.2 Å². The third-order valence-corrected chi connectivity index (χ3v) is 4.06. The molecule has 0 aliphatic carbocycles. The Bertz CT molecular complexity index is 698. The van der Waals surface area contributed by atoms with Crippen LogP contribution in [0.3, 0.4) is 0 Å². The number of benzene rings is 2. The summed E-state index contributed by atoms with van der Waals surface area (Å²) in [6.07, 6.45) is 1.15. The molecule has 0 bridgehead atoms. The van der Waals surface area contributed by atoms with Gasteiger partial charge in [0.25, 0.3) is 5.91 Å². The van der Waals surface area contributed by atoms with Gasteiger partial charge in [-0.15, -0.1) is 0 Å². The van der Waals surface area contributed by atoms with E-state index in [2.05, 4.69) is 19.2 Å². The molecule has 1 atom stereocenters. The minimum Gasteiger partial charge on any atom is -0.493 e. The van der Waals surface area contributed by atoms with E-state index in [1.54, 1.807) is 0 Å². The van der Waals surface area contributed by atoms with Crippen LogP contribution >= 0.6 is 0 Å². The van der Waals surface area contributed by atoms with Crippen LogP contribution in [0.25, 0.3) is 0 Å². The maximum Gasteiger partial charge on any atom is 0.309 e. The van der Waals surface area contributed by atoms with E-state index in [9.17, 15) is 9.59 Å². The van der Waals surface area contributed by atoms with Gasteiger partial charge in [0, 0.05) is 5.69 Å². The number of anilines is 1. The van der Waals surface area contributed by atoms with Crippen molar-refractivity contribution in [1.29, 1.82) is 0 Å². The van der Waals surface area contributed by atoms with Gasteiger partial charge in [-0.25, -0.2) is 0 Å². The van der Waals surface area contributed by atoms with Gasteiger partial charge < -0.3 is 14.8 Å². The molecule has 2 rings (SSSR count). The van der Waals surface area contributed by atoms with Crippen molar-refractivity contribution in [3.63, 3.8) is 0 Å². The molecule has 0 aliphatic rings. The molecule has 1 N–H and O–H groups in total. The third kappa shape index (κ3) is 6.59. The smallest absolute Gasteiger partial charge is 0.309 e. The number of amides is 1. The molecule has 2 aromatic carbocycles. The Morgan fingerprint density at radius 2 is 1.73 bits per heavy atom. The van der Waals surface area contributed by atoms with Crippen LogP contribution in [-0.2, 0) is 14.3 Å². The van der Waals surface area contributed by atoms with E-state index in [1.807, 2.05) is 54.6 Å². The third-order valence-electron chi connectivity index (χ3n) is 4.06. The van der Waals surface area contributed by atoms with Crippen LogP contribution in [0.5, 0.6) is 5.75 Å². The number of carbonyl (C=O) groups is 2. The molecule has 0 heterocycles. The van der Waals surface area contributed by atoms with Crippen LogP contribution in [0, 0.1) is 0 Å². The summed E-state index contributed by atoms with van der Waals surface area (Å²) in [7, 11) is 0. The highest BCUT2D eigenvalue weighted by Gasteiger charge is 2.09. The quantitative estimate of drug-likeness (QED) is 0.686. The van der Waals surface area contributed by atoms with E-state index in [1.165, 1.54) is 5.56 Å². The predicted molar refractivity (Wildman–Crippen MR) is 101 cm³/mol. The van der Waals surface area contributed by atoms with Crippen molar-refractivity contribution in [2.45, 2.75) is 32.6 Å². The van der Waals surface area contributed by atoms with E-state index in [-0.39, 0.29) is 25.5 Å². The lowest BCUT2D eigenvalue weighted by Gasteiger charge is -2.11. The van der Waals surface area contributed by atoms with Gasteiger partial charge in [0.2, 0.25) is 0 Å². The zero-order valence-corrected chi connectivity index (χ0v) is 15.2. The number of nitrogens with one attached hydrogen (secondary N) is 1. The molecule has 0 saturated heterocycles. The van der Waals surface area contributed by atoms with Crippen molar-refractivity contribution in [2.24, 2.45) is 0 Å². The van der Waals surface area contributed by atoms with Crippen LogP contribution in [0.1, 0.15) is 38.2 Å². The van der Waals surface area contributed by atoms with E-state index in [0.29, 0.717) is 17.4 Å². The average molecular weight is 355 g/mol. The lowest BCUT2D eigenvalue weighted by molar-refractivity contribution is -0.147. The lowest BCUT2D eigenvalue weighted by atomic mass is 9.99. The number of rotatable bonds is 9. The Balaban J connectivity index is 1.67. The molecule has 5 heteroatoms. The van der Waals surface area contributed by atoms with Crippen molar-refractivity contribution in [3.8, 4) is 5.75 Å². The topological polar surface area (TPSA) is 64.6 Å². The van der Waals surface area contributed by atoms with Crippen molar-refractivity contribution in [2.75, 3.05) is 18.5 Å². The second-order valence-electron chi connectivity index (χ2n) is 6.05. The van der Waals surface area contributed by atoms with E-state index >= 15 is 0 Å². The van der Waals surface area contributed by atoms with Crippen LogP contribution in [0.2, 0.25) is 0 Å². The van der Waals surface area contributed by atoms with Crippen molar-refractivity contribution >= 4 is 17.6 Å². The fourth-order valence-corrected chi connectivity index (χ4v) is 2.31. The number of para-hydroxylation sites is 1. The highest BCUT2D eigenvalue weighted by molar-refractivity contribution is 5.92. The molecule has 0 spiro atoms. The van der Waals surface area contributed by atoms with Crippen molar-refractivity contribution in [1.82, 2.24) is 0 Å². The molecule has 0 unspecified atom stereocenters. The van der Waals surface area contributed by atoms with Crippen LogP contribution < -0.4 is 10.1 Å². The number of carbonyl (C=O) groups excluding carboxylic acids is 2. The lowest BCUT2D eigenvalue weighted by Crippen LogP contribution is -2.21. The zero-order chi connectivity index (χ0) is 18.8.